The Morgan fingerprint density at radius 1 is 1.37 bits per heavy atom. The van der Waals surface area contributed by atoms with Crippen molar-refractivity contribution in [3.63, 3.8) is 0 Å². The zero-order chi connectivity index (χ0) is 21.6. The highest BCUT2D eigenvalue weighted by molar-refractivity contribution is 7.93. The summed E-state index contributed by atoms with van der Waals surface area (Å²) in [5.74, 6) is 0.643. The van der Waals surface area contributed by atoms with Crippen LogP contribution in [0.2, 0.25) is 0 Å². The Morgan fingerprint density at radius 2 is 2.13 bits per heavy atom. The number of rotatable bonds is 10. The van der Waals surface area contributed by atoms with Crippen molar-refractivity contribution in [1.82, 2.24) is 9.88 Å². The second kappa shape index (κ2) is 10.5. The second-order valence-electron chi connectivity index (χ2n) is 7.25. The molecule has 1 unspecified atom stereocenters. The van der Waals surface area contributed by atoms with Gasteiger partial charge < -0.3 is 14.6 Å². The molecule has 0 spiro atoms. The topological polar surface area (TPSA) is 101 Å². The molecule has 3 rings (SSSR count). The number of ether oxygens (including phenoxy) is 2. The third kappa shape index (κ3) is 6.39. The Morgan fingerprint density at radius 3 is 2.83 bits per heavy atom. The standard InChI is InChI=1S/C20H29N3O5S2/c1-3-17(24)13-16-14-29-20(21-16)22-30(25,26)19-5-4-18(12-15(19)2)28-11-8-23-6-9-27-10-7-23/h4-5,12,14,17,24H,3,6-11,13H2,1-2H3,(H,21,22). The number of benzene rings is 1. The molecule has 8 nitrogen and oxygen atoms in total. The summed E-state index contributed by atoms with van der Waals surface area (Å²) < 4.78 is 39.2. The van der Waals surface area contributed by atoms with Gasteiger partial charge in [-0.05, 0) is 37.1 Å². The van der Waals surface area contributed by atoms with Crippen molar-refractivity contribution in [2.45, 2.75) is 37.7 Å². The SMILES string of the molecule is CCC(O)Cc1csc(NS(=O)(=O)c2ccc(OCCN3CCOCC3)cc2C)n1. The molecule has 2 aromatic rings. The average molecular weight is 456 g/mol. The van der Waals surface area contributed by atoms with Gasteiger partial charge in [-0.3, -0.25) is 9.62 Å². The normalized spacial score (nSPS) is 16.4. The van der Waals surface area contributed by atoms with E-state index in [0.717, 1.165) is 32.8 Å². The van der Waals surface area contributed by atoms with Gasteiger partial charge in [-0.2, -0.15) is 0 Å². The van der Waals surface area contributed by atoms with Crippen LogP contribution < -0.4 is 9.46 Å². The summed E-state index contributed by atoms with van der Waals surface area (Å²) in [4.78, 5) is 6.74. The number of aryl methyl sites for hydroxylation is 1. The molecule has 0 radical (unpaired) electrons. The third-order valence-electron chi connectivity index (χ3n) is 4.91. The first-order valence-corrected chi connectivity index (χ1v) is 12.4. The maximum atomic E-state index is 12.8. The van der Waals surface area contributed by atoms with Crippen molar-refractivity contribution >= 4 is 26.5 Å². The van der Waals surface area contributed by atoms with Crippen molar-refractivity contribution in [2.24, 2.45) is 0 Å². The van der Waals surface area contributed by atoms with Gasteiger partial charge in [0, 0.05) is 31.4 Å². The number of nitrogens with zero attached hydrogens (tertiary/aromatic N) is 2. The van der Waals surface area contributed by atoms with Gasteiger partial charge in [0.05, 0.1) is 29.9 Å². The number of hydrogen-bond donors (Lipinski definition) is 2. The Hall–Kier alpha value is -1.72. The zero-order valence-corrected chi connectivity index (χ0v) is 19.0. The molecule has 1 fully saturated rings. The number of sulfonamides is 1. The Labute approximate surface area is 181 Å². The van der Waals surface area contributed by atoms with Crippen LogP contribution in [0.1, 0.15) is 24.6 Å². The summed E-state index contributed by atoms with van der Waals surface area (Å²) in [7, 11) is -3.76. The summed E-state index contributed by atoms with van der Waals surface area (Å²) >= 11 is 1.21. The van der Waals surface area contributed by atoms with E-state index in [2.05, 4.69) is 14.6 Å². The van der Waals surface area contributed by atoms with Crippen LogP contribution >= 0.6 is 11.3 Å². The van der Waals surface area contributed by atoms with Crippen LogP contribution in [-0.4, -0.2) is 69.0 Å². The molecule has 1 aromatic heterocycles. The van der Waals surface area contributed by atoms with Gasteiger partial charge in [-0.15, -0.1) is 11.3 Å². The second-order valence-corrected chi connectivity index (χ2v) is 9.75. The van der Waals surface area contributed by atoms with Crippen LogP contribution in [0.25, 0.3) is 0 Å². The summed E-state index contributed by atoms with van der Waals surface area (Å²) in [5.41, 5.74) is 1.28. The lowest BCUT2D eigenvalue weighted by Crippen LogP contribution is -2.38. The lowest BCUT2D eigenvalue weighted by molar-refractivity contribution is 0.0322. The van der Waals surface area contributed by atoms with E-state index in [1.165, 1.54) is 11.3 Å². The van der Waals surface area contributed by atoms with Crippen molar-refractivity contribution in [2.75, 3.05) is 44.2 Å². The van der Waals surface area contributed by atoms with Crippen molar-refractivity contribution in [3.8, 4) is 5.75 Å². The van der Waals surface area contributed by atoms with E-state index < -0.39 is 16.1 Å². The predicted molar refractivity (Wildman–Crippen MR) is 117 cm³/mol. The van der Waals surface area contributed by atoms with Gasteiger partial charge in [0.1, 0.15) is 12.4 Å². The number of thiazole rings is 1. The number of aliphatic hydroxyl groups is 1. The van der Waals surface area contributed by atoms with Crippen LogP contribution in [0.5, 0.6) is 5.75 Å². The summed E-state index contributed by atoms with van der Waals surface area (Å²) in [5, 5.41) is 11.8. The molecule has 0 aliphatic carbocycles. The number of aliphatic hydroxyl groups excluding tert-OH is 1. The zero-order valence-electron chi connectivity index (χ0n) is 17.3. The number of hydrogen-bond acceptors (Lipinski definition) is 8. The van der Waals surface area contributed by atoms with Crippen molar-refractivity contribution < 1.29 is 23.0 Å². The minimum absolute atomic E-state index is 0.188. The van der Waals surface area contributed by atoms with Gasteiger partial charge in [0.25, 0.3) is 10.0 Å². The highest BCUT2D eigenvalue weighted by Crippen LogP contribution is 2.25. The van der Waals surface area contributed by atoms with Gasteiger partial charge >= 0.3 is 0 Å². The summed E-state index contributed by atoms with van der Waals surface area (Å²) in [6.07, 6.45) is 0.553. The van der Waals surface area contributed by atoms with E-state index in [0.29, 0.717) is 41.6 Å². The first kappa shape index (κ1) is 23.0. The van der Waals surface area contributed by atoms with Crippen LogP contribution in [0.4, 0.5) is 5.13 Å². The Balaban J connectivity index is 1.59. The molecule has 2 heterocycles. The molecule has 0 bridgehead atoms. The first-order valence-electron chi connectivity index (χ1n) is 10.1. The molecule has 1 atom stereocenters. The Kier molecular flexibility index (Phi) is 8.06. The first-order chi connectivity index (χ1) is 14.4. The van der Waals surface area contributed by atoms with Gasteiger partial charge in [-0.1, -0.05) is 6.92 Å². The van der Waals surface area contributed by atoms with Gasteiger partial charge in [-0.25, -0.2) is 13.4 Å². The average Bonchev–Trinajstić information content (AvgIpc) is 3.14. The maximum Gasteiger partial charge on any atom is 0.263 e. The molecular weight excluding hydrogens is 426 g/mol. The molecule has 0 saturated carbocycles. The minimum Gasteiger partial charge on any atom is -0.492 e. The smallest absolute Gasteiger partial charge is 0.263 e. The van der Waals surface area contributed by atoms with Gasteiger partial charge in [0.15, 0.2) is 5.13 Å². The minimum atomic E-state index is -3.76. The fraction of sp³-hybridized carbons (Fsp3) is 0.550. The van der Waals surface area contributed by atoms with E-state index in [9.17, 15) is 13.5 Å². The van der Waals surface area contributed by atoms with E-state index in [1.54, 1.807) is 30.5 Å². The predicted octanol–water partition coefficient (Wildman–Crippen LogP) is 2.28. The molecule has 30 heavy (non-hydrogen) atoms. The monoisotopic (exact) mass is 455 g/mol. The molecule has 1 aliphatic heterocycles. The lowest BCUT2D eigenvalue weighted by Gasteiger charge is -2.26. The van der Waals surface area contributed by atoms with E-state index in [-0.39, 0.29) is 4.90 Å². The molecule has 2 N–H and O–H groups in total. The fourth-order valence-corrected chi connectivity index (χ4v) is 5.34. The van der Waals surface area contributed by atoms with Gasteiger partial charge in [0.2, 0.25) is 0 Å². The highest BCUT2D eigenvalue weighted by atomic mass is 32.2. The molecule has 1 saturated heterocycles. The van der Waals surface area contributed by atoms with E-state index in [4.69, 9.17) is 9.47 Å². The molecule has 0 amide bonds. The van der Waals surface area contributed by atoms with E-state index in [1.807, 2.05) is 6.92 Å². The third-order valence-corrected chi connectivity index (χ3v) is 7.34. The van der Waals surface area contributed by atoms with Crippen LogP contribution in [0.15, 0.2) is 28.5 Å². The summed E-state index contributed by atoms with van der Waals surface area (Å²) in [6, 6.07) is 4.96. The molecular formula is C20H29N3O5S2. The number of morpholine rings is 1. The Bertz CT molecular complexity index is 926. The largest absolute Gasteiger partial charge is 0.492 e. The molecule has 1 aromatic carbocycles. The number of aromatic nitrogens is 1. The van der Waals surface area contributed by atoms with Crippen molar-refractivity contribution in [3.05, 3.63) is 34.8 Å². The van der Waals surface area contributed by atoms with Crippen molar-refractivity contribution in [1.29, 1.82) is 0 Å². The van der Waals surface area contributed by atoms with E-state index >= 15 is 0 Å². The highest BCUT2D eigenvalue weighted by Gasteiger charge is 2.20. The number of nitrogens with one attached hydrogen (secondary N) is 1. The molecule has 1 aliphatic rings. The van der Waals surface area contributed by atoms with Crippen LogP contribution in [-0.2, 0) is 21.2 Å². The molecule has 166 valence electrons. The maximum absolute atomic E-state index is 12.8. The quantitative estimate of drug-likeness (QED) is 0.567. The summed E-state index contributed by atoms with van der Waals surface area (Å²) in [6.45, 7) is 8.28. The molecule has 10 heteroatoms. The van der Waals surface area contributed by atoms with Crippen LogP contribution in [0.3, 0.4) is 0 Å². The van der Waals surface area contributed by atoms with Crippen LogP contribution in [0, 0.1) is 6.92 Å². The fourth-order valence-electron chi connectivity index (χ4n) is 3.13. The number of anilines is 1. The lowest BCUT2D eigenvalue weighted by atomic mass is 10.2.